The van der Waals surface area contributed by atoms with E-state index in [0.717, 1.165) is 17.7 Å². The molecular weight excluding hydrogens is 493 g/mol. The van der Waals surface area contributed by atoms with Gasteiger partial charge in [-0.25, -0.2) is 8.42 Å². The molecule has 0 unspecified atom stereocenters. The second-order valence-electron chi connectivity index (χ2n) is 9.10. The number of rotatable bonds is 6. The monoisotopic (exact) mass is 524 g/mol. The average molecular weight is 525 g/mol. The van der Waals surface area contributed by atoms with Crippen LogP contribution < -0.4 is 4.90 Å². The van der Waals surface area contributed by atoms with Gasteiger partial charge in [0.15, 0.2) is 0 Å². The predicted octanol–water partition coefficient (Wildman–Crippen LogP) is 3.14. The second kappa shape index (κ2) is 10.8. The van der Waals surface area contributed by atoms with Gasteiger partial charge in [0, 0.05) is 70.2 Å². The fourth-order valence-electron chi connectivity index (χ4n) is 4.64. The molecule has 2 aromatic rings. The number of hydrogen-bond donors (Lipinski definition) is 0. The van der Waals surface area contributed by atoms with Crippen LogP contribution in [0.2, 0.25) is 0 Å². The van der Waals surface area contributed by atoms with E-state index in [4.69, 9.17) is 0 Å². The highest BCUT2D eigenvalue weighted by Crippen LogP contribution is 2.32. The lowest BCUT2D eigenvalue weighted by Gasteiger charge is -2.36. The van der Waals surface area contributed by atoms with Gasteiger partial charge in [0.1, 0.15) is 0 Å². The molecule has 2 heterocycles. The minimum absolute atomic E-state index is 0.0978. The van der Waals surface area contributed by atoms with Gasteiger partial charge < -0.3 is 9.80 Å². The maximum atomic E-state index is 13.1. The van der Waals surface area contributed by atoms with Crippen molar-refractivity contribution < 1.29 is 26.4 Å². The number of nitrogens with zero attached hydrogens (tertiary/aromatic N) is 4. The van der Waals surface area contributed by atoms with Gasteiger partial charge in [-0.15, -0.1) is 0 Å². The number of anilines is 1. The van der Waals surface area contributed by atoms with Crippen LogP contribution in [0.3, 0.4) is 0 Å². The van der Waals surface area contributed by atoms with Crippen LogP contribution in [0.4, 0.5) is 18.9 Å². The molecule has 2 saturated heterocycles. The summed E-state index contributed by atoms with van der Waals surface area (Å²) < 4.78 is 64.8. The maximum absolute atomic E-state index is 13.1. The summed E-state index contributed by atoms with van der Waals surface area (Å²) >= 11 is 0. The van der Waals surface area contributed by atoms with Gasteiger partial charge in [-0.05, 0) is 42.8 Å². The van der Waals surface area contributed by atoms with E-state index < -0.39 is 21.8 Å². The molecule has 36 heavy (non-hydrogen) atoms. The first-order valence-electron chi connectivity index (χ1n) is 12.1. The minimum atomic E-state index is -4.39. The third-order valence-electron chi connectivity index (χ3n) is 6.78. The van der Waals surface area contributed by atoms with Crippen LogP contribution in [0.25, 0.3) is 0 Å². The van der Waals surface area contributed by atoms with E-state index in [1.807, 2.05) is 23.1 Å². The zero-order chi connectivity index (χ0) is 25.9. The van der Waals surface area contributed by atoms with Crippen molar-refractivity contribution in [2.45, 2.75) is 19.6 Å². The Kier molecular flexibility index (Phi) is 7.91. The van der Waals surface area contributed by atoms with Crippen LogP contribution in [0.1, 0.15) is 28.4 Å². The minimum Gasteiger partial charge on any atom is -0.368 e. The van der Waals surface area contributed by atoms with Crippen molar-refractivity contribution >= 4 is 21.6 Å². The van der Waals surface area contributed by atoms with E-state index in [0.29, 0.717) is 70.2 Å². The quantitative estimate of drug-likeness (QED) is 0.581. The molecule has 0 radical (unpaired) electrons. The van der Waals surface area contributed by atoms with E-state index in [9.17, 15) is 26.4 Å². The van der Waals surface area contributed by atoms with Crippen molar-refractivity contribution in [2.24, 2.45) is 0 Å². The molecule has 2 aliphatic heterocycles. The van der Waals surface area contributed by atoms with Gasteiger partial charge in [0.25, 0.3) is 5.91 Å². The van der Waals surface area contributed by atoms with Crippen molar-refractivity contribution in [3.63, 3.8) is 0 Å². The molecule has 196 valence electrons. The number of alkyl halides is 3. The van der Waals surface area contributed by atoms with Gasteiger partial charge in [0.2, 0.25) is 10.0 Å². The average Bonchev–Trinajstić information content (AvgIpc) is 2.88. The van der Waals surface area contributed by atoms with Crippen molar-refractivity contribution in [1.29, 1.82) is 0 Å². The summed E-state index contributed by atoms with van der Waals surface area (Å²) in [4.78, 5) is 18.9. The lowest BCUT2D eigenvalue weighted by molar-refractivity contribution is -0.137. The number of amides is 1. The number of carbonyl (C=O) groups is 1. The molecule has 0 saturated carbocycles. The van der Waals surface area contributed by atoms with Gasteiger partial charge in [-0.1, -0.05) is 18.2 Å². The lowest BCUT2D eigenvalue weighted by atomic mass is 10.1. The number of halogens is 3. The summed E-state index contributed by atoms with van der Waals surface area (Å²) in [5.41, 5.74) is 1.39. The topological polar surface area (TPSA) is 64.2 Å². The third-order valence-corrected chi connectivity index (χ3v) is 8.66. The first kappa shape index (κ1) is 26.4. The summed E-state index contributed by atoms with van der Waals surface area (Å²) in [6.45, 7) is 6.23. The third kappa shape index (κ3) is 6.19. The Morgan fingerprint density at radius 2 is 1.56 bits per heavy atom. The normalized spacial score (nSPS) is 18.4. The Balaban J connectivity index is 1.33. The van der Waals surface area contributed by atoms with E-state index in [1.165, 1.54) is 10.4 Å². The summed E-state index contributed by atoms with van der Waals surface area (Å²) in [7, 11) is -3.18. The molecule has 1 amide bonds. The van der Waals surface area contributed by atoms with E-state index in [2.05, 4.69) is 4.90 Å². The molecule has 0 aromatic heterocycles. The molecule has 7 nitrogen and oxygen atoms in total. The van der Waals surface area contributed by atoms with Crippen LogP contribution in [0.5, 0.6) is 0 Å². The molecule has 2 fully saturated rings. The molecule has 0 spiro atoms. The second-order valence-corrected chi connectivity index (χ2v) is 11.4. The summed E-state index contributed by atoms with van der Waals surface area (Å²) in [6, 6.07) is 12.7. The van der Waals surface area contributed by atoms with Crippen molar-refractivity contribution in [1.82, 2.24) is 14.1 Å². The molecule has 4 rings (SSSR count). The van der Waals surface area contributed by atoms with E-state index >= 15 is 0 Å². The molecule has 11 heteroatoms. The summed E-state index contributed by atoms with van der Waals surface area (Å²) in [5.74, 6) is 0.00476. The number of carbonyl (C=O) groups excluding carboxylic acids is 1. The van der Waals surface area contributed by atoms with Gasteiger partial charge in [-0.2, -0.15) is 17.5 Å². The number of hydrogen-bond acceptors (Lipinski definition) is 5. The van der Waals surface area contributed by atoms with Crippen LogP contribution in [0.15, 0.2) is 48.5 Å². The van der Waals surface area contributed by atoms with Crippen molar-refractivity contribution in [3.8, 4) is 0 Å². The summed E-state index contributed by atoms with van der Waals surface area (Å²) in [5, 5.41) is 0. The molecular formula is C25H31F3N4O3S. The fourth-order valence-corrected chi connectivity index (χ4v) is 5.72. The highest BCUT2D eigenvalue weighted by Gasteiger charge is 2.31. The highest BCUT2D eigenvalue weighted by atomic mass is 32.2. The molecule has 0 bridgehead atoms. The Morgan fingerprint density at radius 3 is 2.19 bits per heavy atom. The first-order valence-corrected chi connectivity index (χ1v) is 13.7. The zero-order valence-electron chi connectivity index (χ0n) is 20.2. The van der Waals surface area contributed by atoms with Crippen molar-refractivity contribution in [3.05, 3.63) is 65.2 Å². The zero-order valence-corrected chi connectivity index (χ0v) is 21.1. The van der Waals surface area contributed by atoms with Crippen LogP contribution in [0, 0.1) is 0 Å². The Bertz CT molecular complexity index is 1170. The SMILES string of the molecule is CCS(=O)(=O)N1CCN(Cc2cccc(C(=O)N3CCN(c4cccc(C(F)(F)F)c4)CC3)c2)CC1. The molecule has 0 N–H and O–H groups in total. The smallest absolute Gasteiger partial charge is 0.368 e. The van der Waals surface area contributed by atoms with Crippen LogP contribution >= 0.6 is 0 Å². The molecule has 2 aliphatic rings. The van der Waals surface area contributed by atoms with Gasteiger partial charge >= 0.3 is 6.18 Å². The number of benzene rings is 2. The summed E-state index contributed by atoms with van der Waals surface area (Å²) in [6.07, 6.45) is -4.39. The fraction of sp³-hybridized carbons (Fsp3) is 0.480. The molecule has 0 atom stereocenters. The van der Waals surface area contributed by atoms with E-state index in [1.54, 1.807) is 24.0 Å². The molecule has 2 aromatic carbocycles. The van der Waals surface area contributed by atoms with Gasteiger partial charge in [0.05, 0.1) is 11.3 Å². The van der Waals surface area contributed by atoms with E-state index in [-0.39, 0.29) is 11.7 Å². The van der Waals surface area contributed by atoms with Gasteiger partial charge in [-0.3, -0.25) is 9.69 Å². The predicted molar refractivity (Wildman–Crippen MR) is 132 cm³/mol. The van der Waals surface area contributed by atoms with Crippen molar-refractivity contribution in [2.75, 3.05) is 63.0 Å². The lowest BCUT2D eigenvalue weighted by Crippen LogP contribution is -2.49. The standard InChI is InChI=1S/C25H31F3N4O3S/c1-2-36(34,35)32-15-9-29(10-16-32)19-20-5-3-6-21(17-20)24(33)31-13-11-30(12-14-31)23-8-4-7-22(18-23)25(26,27)28/h3-8,17-18H,2,9-16,19H2,1H3. The first-order chi connectivity index (χ1) is 17.1. The Labute approximate surface area is 210 Å². The Morgan fingerprint density at radius 1 is 0.889 bits per heavy atom. The van der Waals surface area contributed by atoms with Crippen LogP contribution in [-0.4, -0.2) is 86.5 Å². The van der Waals surface area contributed by atoms with Crippen LogP contribution in [-0.2, 0) is 22.7 Å². The maximum Gasteiger partial charge on any atom is 0.416 e. The number of piperazine rings is 2. The molecule has 0 aliphatic carbocycles. The highest BCUT2D eigenvalue weighted by molar-refractivity contribution is 7.89. The Hall–Kier alpha value is -2.63. The largest absolute Gasteiger partial charge is 0.416 e. The number of sulfonamides is 1.